The lowest BCUT2D eigenvalue weighted by atomic mass is 9.80. The second kappa shape index (κ2) is 8.26. The molecule has 0 fully saturated rings. The molecule has 1 unspecified atom stereocenters. The van der Waals surface area contributed by atoms with E-state index in [-0.39, 0.29) is 12.5 Å². The van der Waals surface area contributed by atoms with E-state index in [1.54, 1.807) is 38.1 Å². The van der Waals surface area contributed by atoms with E-state index in [2.05, 4.69) is 17.4 Å². The van der Waals surface area contributed by atoms with Crippen molar-refractivity contribution >= 4 is 12.1 Å². The fourth-order valence-corrected chi connectivity index (χ4v) is 4.47. The predicted molar refractivity (Wildman–Crippen MR) is 119 cm³/mol. The molecule has 5 heteroatoms. The largest absolute Gasteiger partial charge is 0.479 e. The number of ether oxygens (including phenoxy) is 1. The highest BCUT2D eigenvalue weighted by molar-refractivity contribution is 5.86. The number of carbonyl (C=O) groups is 2. The summed E-state index contributed by atoms with van der Waals surface area (Å²) >= 11 is 0. The SMILES string of the molecule is CC(C)C(NC(=O)OCC1c2ccccc2-c2ccccc21)(C(=O)O)c1ccccc1. The molecule has 0 radical (unpaired) electrons. The van der Waals surface area contributed by atoms with Gasteiger partial charge in [0, 0.05) is 5.92 Å². The Kier molecular flexibility index (Phi) is 5.51. The van der Waals surface area contributed by atoms with Crippen molar-refractivity contribution in [3.63, 3.8) is 0 Å². The van der Waals surface area contributed by atoms with Crippen molar-refractivity contribution in [2.24, 2.45) is 5.92 Å². The summed E-state index contributed by atoms with van der Waals surface area (Å²) in [4.78, 5) is 25.1. The number of carboxylic acids is 1. The first kappa shape index (κ1) is 20.7. The Bertz CT molecular complexity index is 1060. The quantitative estimate of drug-likeness (QED) is 0.583. The zero-order valence-electron chi connectivity index (χ0n) is 17.5. The molecule has 2 N–H and O–H groups in total. The molecular weight excluding hydrogens is 390 g/mol. The molecule has 1 aliphatic carbocycles. The molecular formula is C26H25NO4. The van der Waals surface area contributed by atoms with E-state index in [4.69, 9.17) is 4.74 Å². The van der Waals surface area contributed by atoms with E-state index >= 15 is 0 Å². The van der Waals surface area contributed by atoms with E-state index in [9.17, 15) is 14.7 Å². The van der Waals surface area contributed by atoms with Gasteiger partial charge in [0.1, 0.15) is 6.61 Å². The van der Waals surface area contributed by atoms with Crippen molar-refractivity contribution in [3.05, 3.63) is 95.6 Å². The summed E-state index contributed by atoms with van der Waals surface area (Å²) in [6.07, 6.45) is -0.748. The number of benzene rings is 3. The Morgan fingerprint density at radius 3 is 1.94 bits per heavy atom. The molecule has 0 bridgehead atoms. The maximum atomic E-state index is 12.8. The van der Waals surface area contributed by atoms with Crippen molar-refractivity contribution in [2.45, 2.75) is 25.3 Å². The van der Waals surface area contributed by atoms with E-state index < -0.39 is 23.5 Å². The molecule has 0 heterocycles. The van der Waals surface area contributed by atoms with Crippen LogP contribution in [0.2, 0.25) is 0 Å². The Labute approximate surface area is 181 Å². The molecule has 4 rings (SSSR count). The van der Waals surface area contributed by atoms with Gasteiger partial charge in [0.05, 0.1) is 0 Å². The summed E-state index contributed by atoms with van der Waals surface area (Å²) in [6.45, 7) is 3.66. The van der Waals surface area contributed by atoms with E-state index in [1.165, 1.54) is 0 Å². The second-order valence-corrected chi connectivity index (χ2v) is 8.08. The van der Waals surface area contributed by atoms with Gasteiger partial charge in [-0.2, -0.15) is 0 Å². The van der Waals surface area contributed by atoms with E-state index in [0.717, 1.165) is 22.3 Å². The molecule has 0 saturated carbocycles. The molecule has 0 saturated heterocycles. The second-order valence-electron chi connectivity index (χ2n) is 8.08. The number of aliphatic carboxylic acids is 1. The highest BCUT2D eigenvalue weighted by atomic mass is 16.5. The minimum absolute atomic E-state index is 0.0897. The number of hydrogen-bond acceptors (Lipinski definition) is 3. The number of carbonyl (C=O) groups excluding carboxylic acids is 1. The first-order valence-electron chi connectivity index (χ1n) is 10.4. The smallest absolute Gasteiger partial charge is 0.408 e. The van der Waals surface area contributed by atoms with Crippen LogP contribution < -0.4 is 5.32 Å². The molecule has 1 atom stereocenters. The minimum Gasteiger partial charge on any atom is -0.479 e. The van der Waals surface area contributed by atoms with Crippen LogP contribution in [0.5, 0.6) is 0 Å². The van der Waals surface area contributed by atoms with Crippen LogP contribution in [0.4, 0.5) is 4.79 Å². The molecule has 0 aromatic heterocycles. The molecule has 3 aromatic rings. The van der Waals surface area contributed by atoms with Crippen LogP contribution >= 0.6 is 0 Å². The van der Waals surface area contributed by atoms with Crippen molar-refractivity contribution in [1.29, 1.82) is 0 Å². The van der Waals surface area contributed by atoms with Gasteiger partial charge < -0.3 is 15.2 Å². The summed E-state index contributed by atoms with van der Waals surface area (Å²) < 4.78 is 5.60. The monoisotopic (exact) mass is 415 g/mol. The first-order chi connectivity index (χ1) is 14.9. The number of fused-ring (bicyclic) bond motifs is 3. The van der Waals surface area contributed by atoms with Gasteiger partial charge in [0.15, 0.2) is 5.54 Å². The number of amides is 1. The van der Waals surface area contributed by atoms with Crippen LogP contribution in [0.3, 0.4) is 0 Å². The van der Waals surface area contributed by atoms with Crippen LogP contribution in [0.1, 0.15) is 36.5 Å². The van der Waals surface area contributed by atoms with Crippen molar-refractivity contribution in [3.8, 4) is 11.1 Å². The third-order valence-electron chi connectivity index (χ3n) is 6.08. The highest BCUT2D eigenvalue weighted by Crippen LogP contribution is 2.44. The van der Waals surface area contributed by atoms with Crippen molar-refractivity contribution in [2.75, 3.05) is 6.61 Å². The van der Waals surface area contributed by atoms with Gasteiger partial charge in [-0.05, 0) is 33.7 Å². The fourth-order valence-electron chi connectivity index (χ4n) is 4.47. The van der Waals surface area contributed by atoms with Crippen LogP contribution in [0, 0.1) is 5.92 Å². The zero-order valence-corrected chi connectivity index (χ0v) is 17.5. The standard InChI is InChI=1S/C26H25NO4/c1-17(2)26(24(28)29,18-10-4-3-5-11-18)27-25(30)31-16-23-21-14-8-6-12-19(21)20-13-7-9-15-22(20)23/h3-15,17,23H,16H2,1-2H3,(H,27,30)(H,28,29). The number of alkyl carbamates (subject to hydrolysis) is 1. The molecule has 0 aliphatic heterocycles. The van der Waals surface area contributed by atoms with Crippen LogP contribution in [-0.4, -0.2) is 23.8 Å². The predicted octanol–water partition coefficient (Wildman–Crippen LogP) is 5.16. The fraction of sp³-hybridized carbons (Fsp3) is 0.231. The minimum atomic E-state index is -1.58. The third kappa shape index (κ3) is 3.56. The topological polar surface area (TPSA) is 75.6 Å². The normalized spacial score (nSPS) is 14.4. The van der Waals surface area contributed by atoms with Crippen LogP contribution in [0.25, 0.3) is 11.1 Å². The lowest BCUT2D eigenvalue weighted by Gasteiger charge is -2.34. The number of carboxylic acid groups (broad SMARTS) is 1. The van der Waals surface area contributed by atoms with Crippen LogP contribution in [-0.2, 0) is 15.1 Å². The van der Waals surface area contributed by atoms with Gasteiger partial charge >= 0.3 is 12.1 Å². The van der Waals surface area contributed by atoms with E-state index in [0.29, 0.717) is 5.56 Å². The van der Waals surface area contributed by atoms with Gasteiger partial charge in [-0.3, -0.25) is 0 Å². The highest BCUT2D eigenvalue weighted by Gasteiger charge is 2.45. The molecule has 3 aromatic carbocycles. The number of hydrogen-bond donors (Lipinski definition) is 2. The average molecular weight is 415 g/mol. The van der Waals surface area contributed by atoms with E-state index in [1.807, 2.05) is 42.5 Å². The molecule has 5 nitrogen and oxygen atoms in total. The summed E-state index contributed by atoms with van der Waals surface area (Å²) in [7, 11) is 0. The number of rotatable bonds is 6. The Hall–Kier alpha value is -3.60. The molecule has 1 amide bonds. The maximum Gasteiger partial charge on any atom is 0.408 e. The average Bonchev–Trinajstić information content (AvgIpc) is 3.10. The molecule has 1 aliphatic rings. The van der Waals surface area contributed by atoms with Crippen molar-refractivity contribution in [1.82, 2.24) is 5.32 Å². The van der Waals surface area contributed by atoms with Gasteiger partial charge in [-0.25, -0.2) is 9.59 Å². The van der Waals surface area contributed by atoms with Crippen LogP contribution in [0.15, 0.2) is 78.9 Å². The maximum absolute atomic E-state index is 12.8. The Balaban J connectivity index is 1.57. The third-order valence-corrected chi connectivity index (χ3v) is 6.08. The zero-order chi connectivity index (χ0) is 22.0. The summed E-state index contributed by atoms with van der Waals surface area (Å²) in [5, 5.41) is 12.7. The summed E-state index contributed by atoms with van der Waals surface area (Å²) in [6, 6.07) is 24.9. The molecule has 0 spiro atoms. The first-order valence-corrected chi connectivity index (χ1v) is 10.4. The molecule has 31 heavy (non-hydrogen) atoms. The summed E-state index contributed by atoms with van der Waals surface area (Å²) in [5.41, 5.74) is 3.41. The van der Waals surface area contributed by atoms with Crippen molar-refractivity contribution < 1.29 is 19.4 Å². The van der Waals surface area contributed by atoms with Gasteiger partial charge in [-0.15, -0.1) is 0 Å². The molecule has 158 valence electrons. The lowest BCUT2D eigenvalue weighted by molar-refractivity contribution is -0.147. The lowest BCUT2D eigenvalue weighted by Crippen LogP contribution is -2.55. The van der Waals surface area contributed by atoms with Gasteiger partial charge in [0.25, 0.3) is 0 Å². The van der Waals surface area contributed by atoms with Gasteiger partial charge in [0.2, 0.25) is 0 Å². The van der Waals surface area contributed by atoms with Gasteiger partial charge in [-0.1, -0.05) is 92.7 Å². The Morgan fingerprint density at radius 2 is 1.42 bits per heavy atom. The Morgan fingerprint density at radius 1 is 0.903 bits per heavy atom. The number of nitrogens with one attached hydrogen (secondary N) is 1. The summed E-state index contributed by atoms with van der Waals surface area (Å²) in [5.74, 6) is -1.61.